The number of fused-ring (bicyclic) bond motifs is 3. The molecular weight excluding hydrogens is 426 g/mol. The highest BCUT2D eigenvalue weighted by Crippen LogP contribution is 2.38. The largest absolute Gasteiger partial charge is 0.496 e. The summed E-state index contributed by atoms with van der Waals surface area (Å²) in [4.78, 5) is 14.7. The Morgan fingerprint density at radius 3 is 2.83 bits per heavy atom. The van der Waals surface area contributed by atoms with Gasteiger partial charge in [-0.3, -0.25) is 4.79 Å². The van der Waals surface area contributed by atoms with Gasteiger partial charge in [0.25, 0.3) is 15.9 Å². The Bertz CT molecular complexity index is 1130. The number of ether oxygens (including phenoxy) is 1. The molecule has 1 saturated heterocycles. The van der Waals surface area contributed by atoms with Gasteiger partial charge in [0.05, 0.1) is 23.4 Å². The van der Waals surface area contributed by atoms with Crippen molar-refractivity contribution >= 4 is 39.1 Å². The molecule has 30 heavy (non-hydrogen) atoms. The number of carbonyl (C=O) groups is 1. The molecule has 158 valence electrons. The number of sulfonamides is 1. The van der Waals surface area contributed by atoms with Crippen LogP contribution in [-0.4, -0.2) is 33.8 Å². The number of hydrogen-bond acceptors (Lipinski definition) is 5. The van der Waals surface area contributed by atoms with E-state index in [4.69, 9.17) is 16.3 Å². The van der Waals surface area contributed by atoms with Crippen LogP contribution in [-0.2, 0) is 16.6 Å². The van der Waals surface area contributed by atoms with Crippen LogP contribution in [0.3, 0.4) is 0 Å². The molecule has 2 aliphatic rings. The number of carbonyl (C=O) groups excluding carboxylic acids is 1. The first-order valence-corrected chi connectivity index (χ1v) is 11.6. The minimum atomic E-state index is -3.89. The van der Waals surface area contributed by atoms with Crippen LogP contribution in [0, 0.1) is 0 Å². The minimum absolute atomic E-state index is 0.0139. The molecule has 2 aromatic rings. The van der Waals surface area contributed by atoms with Crippen molar-refractivity contribution in [3.63, 3.8) is 0 Å². The number of para-hydroxylation sites is 1. The zero-order chi connectivity index (χ0) is 21.3. The summed E-state index contributed by atoms with van der Waals surface area (Å²) in [6.07, 6.45) is 3.47. The molecule has 0 atom stereocenters. The Balaban J connectivity index is 1.65. The molecule has 0 radical (unpaired) electrons. The van der Waals surface area contributed by atoms with Crippen molar-refractivity contribution in [2.24, 2.45) is 4.40 Å². The number of anilines is 1. The zero-order valence-corrected chi connectivity index (χ0v) is 18.1. The lowest BCUT2D eigenvalue weighted by molar-refractivity contribution is 0.0950. The molecule has 0 unspecified atom stereocenters. The molecule has 0 saturated carbocycles. The second-order valence-electron chi connectivity index (χ2n) is 7.24. The van der Waals surface area contributed by atoms with E-state index in [1.165, 1.54) is 6.07 Å². The third-order valence-corrected chi connectivity index (χ3v) is 6.96. The third kappa shape index (κ3) is 3.89. The summed E-state index contributed by atoms with van der Waals surface area (Å²) in [5.74, 6) is 0.735. The van der Waals surface area contributed by atoms with Crippen molar-refractivity contribution in [1.82, 2.24) is 5.32 Å². The molecular formula is C21H22ClN3O4S. The second-order valence-corrected chi connectivity index (χ2v) is 9.22. The van der Waals surface area contributed by atoms with Crippen LogP contribution in [0.4, 0.5) is 5.69 Å². The normalized spacial score (nSPS) is 17.3. The van der Waals surface area contributed by atoms with Crippen LogP contribution < -0.4 is 15.0 Å². The molecule has 2 aromatic carbocycles. The number of benzene rings is 2. The van der Waals surface area contributed by atoms with Gasteiger partial charge in [-0.25, -0.2) is 0 Å². The van der Waals surface area contributed by atoms with Crippen LogP contribution >= 0.6 is 11.6 Å². The highest BCUT2D eigenvalue weighted by molar-refractivity contribution is 7.90. The van der Waals surface area contributed by atoms with Crippen molar-refractivity contribution in [1.29, 1.82) is 0 Å². The summed E-state index contributed by atoms with van der Waals surface area (Å²) in [6, 6.07) is 10.2. The Morgan fingerprint density at radius 2 is 2.03 bits per heavy atom. The van der Waals surface area contributed by atoms with Gasteiger partial charge in [-0.15, -0.1) is 4.40 Å². The summed E-state index contributed by atoms with van der Waals surface area (Å²) in [7, 11) is -2.33. The smallest absolute Gasteiger partial charge is 0.286 e. The van der Waals surface area contributed by atoms with Gasteiger partial charge < -0.3 is 15.0 Å². The van der Waals surface area contributed by atoms with Gasteiger partial charge in [-0.1, -0.05) is 36.2 Å². The number of nitrogens with one attached hydrogen (secondary N) is 1. The third-order valence-electron chi connectivity index (χ3n) is 5.31. The maximum absolute atomic E-state index is 12.8. The molecule has 1 fully saturated rings. The molecule has 1 N–H and O–H groups in total. The second kappa shape index (κ2) is 8.28. The highest BCUT2D eigenvalue weighted by Gasteiger charge is 2.33. The number of amides is 1. The predicted octanol–water partition coefficient (Wildman–Crippen LogP) is 3.76. The quantitative estimate of drug-likeness (QED) is 0.770. The van der Waals surface area contributed by atoms with Crippen LogP contribution in [0.5, 0.6) is 5.75 Å². The minimum Gasteiger partial charge on any atom is -0.496 e. The van der Waals surface area contributed by atoms with Gasteiger partial charge in [0, 0.05) is 25.1 Å². The fourth-order valence-electron chi connectivity index (χ4n) is 3.79. The topological polar surface area (TPSA) is 88.1 Å². The molecule has 2 heterocycles. The Hall–Kier alpha value is -2.58. The van der Waals surface area contributed by atoms with Crippen molar-refractivity contribution < 1.29 is 17.9 Å². The maximum Gasteiger partial charge on any atom is 0.286 e. The molecule has 0 aliphatic carbocycles. The van der Waals surface area contributed by atoms with E-state index in [1.807, 2.05) is 23.1 Å². The lowest BCUT2D eigenvalue weighted by atomic mass is 10.1. The van der Waals surface area contributed by atoms with E-state index in [2.05, 4.69) is 9.71 Å². The van der Waals surface area contributed by atoms with Crippen LogP contribution in [0.1, 0.15) is 41.6 Å². The van der Waals surface area contributed by atoms with Crippen molar-refractivity contribution in [3.05, 3.63) is 52.5 Å². The van der Waals surface area contributed by atoms with Gasteiger partial charge >= 0.3 is 0 Å². The highest BCUT2D eigenvalue weighted by atomic mass is 35.5. The number of rotatable bonds is 4. The van der Waals surface area contributed by atoms with E-state index in [-0.39, 0.29) is 22.0 Å². The standard InChI is InChI=1S/C21H22ClN3O4S/c1-29-18-8-5-4-7-14(18)13-23-21(26)15-11-19-17(12-16(15)22)25-10-6-2-3-9-20(25)24-30(19,27)28/h4-5,7-8,11-12H,2-3,6,9-10,13H2,1H3,(H,23,26). The average molecular weight is 448 g/mol. The molecule has 4 rings (SSSR count). The first-order valence-electron chi connectivity index (χ1n) is 9.76. The molecule has 9 heteroatoms. The molecule has 2 aliphatic heterocycles. The summed E-state index contributed by atoms with van der Waals surface area (Å²) < 4.78 is 34.9. The Morgan fingerprint density at radius 1 is 1.23 bits per heavy atom. The summed E-state index contributed by atoms with van der Waals surface area (Å²) in [5, 5.41) is 2.98. The van der Waals surface area contributed by atoms with Gasteiger partial charge in [-0.05, 0) is 31.0 Å². The van der Waals surface area contributed by atoms with Crippen LogP contribution in [0.25, 0.3) is 0 Å². The van der Waals surface area contributed by atoms with Crippen LogP contribution in [0.2, 0.25) is 5.02 Å². The lowest BCUT2D eigenvalue weighted by Gasteiger charge is -2.30. The van der Waals surface area contributed by atoms with Crippen molar-refractivity contribution in [3.8, 4) is 5.75 Å². The van der Waals surface area contributed by atoms with E-state index < -0.39 is 15.9 Å². The van der Waals surface area contributed by atoms with Gasteiger partial charge in [0.1, 0.15) is 16.5 Å². The van der Waals surface area contributed by atoms with E-state index >= 15 is 0 Å². The van der Waals surface area contributed by atoms with E-state index in [1.54, 1.807) is 19.2 Å². The number of amidine groups is 1. The average Bonchev–Trinajstić information content (AvgIpc) is 2.96. The first-order chi connectivity index (χ1) is 14.4. The first kappa shape index (κ1) is 20.7. The summed E-state index contributed by atoms with van der Waals surface area (Å²) >= 11 is 6.41. The Labute approximate surface area is 180 Å². The fraction of sp³-hybridized carbons (Fsp3) is 0.333. The number of hydrogen-bond donors (Lipinski definition) is 1. The molecule has 0 aromatic heterocycles. The van der Waals surface area contributed by atoms with Gasteiger partial charge in [0.15, 0.2) is 0 Å². The summed E-state index contributed by atoms with van der Waals surface area (Å²) in [5.41, 5.74) is 1.39. The lowest BCUT2D eigenvalue weighted by Crippen LogP contribution is -2.35. The number of halogens is 1. The van der Waals surface area contributed by atoms with E-state index in [0.717, 1.165) is 24.8 Å². The number of methoxy groups -OCH3 is 1. The van der Waals surface area contributed by atoms with Crippen molar-refractivity contribution in [2.45, 2.75) is 37.1 Å². The van der Waals surface area contributed by atoms with Gasteiger partial charge in [-0.2, -0.15) is 8.42 Å². The predicted molar refractivity (Wildman–Crippen MR) is 116 cm³/mol. The Kier molecular flexibility index (Phi) is 5.71. The SMILES string of the molecule is COc1ccccc1CNC(=O)c1cc2c(cc1Cl)N1CCCCCC1=NS2(=O)=O. The van der Waals surface area contributed by atoms with E-state index in [9.17, 15) is 13.2 Å². The molecule has 0 spiro atoms. The molecule has 0 bridgehead atoms. The molecule has 7 nitrogen and oxygen atoms in total. The monoisotopic (exact) mass is 447 g/mol. The zero-order valence-electron chi connectivity index (χ0n) is 16.5. The fourth-order valence-corrected chi connectivity index (χ4v) is 5.30. The van der Waals surface area contributed by atoms with Gasteiger partial charge in [0.2, 0.25) is 0 Å². The van der Waals surface area contributed by atoms with Crippen molar-refractivity contribution in [2.75, 3.05) is 18.6 Å². The maximum atomic E-state index is 12.8. The summed E-state index contributed by atoms with van der Waals surface area (Å²) in [6.45, 7) is 0.897. The van der Waals surface area contributed by atoms with Crippen LogP contribution in [0.15, 0.2) is 45.7 Å². The van der Waals surface area contributed by atoms with E-state index in [0.29, 0.717) is 30.2 Å². The molecule has 1 amide bonds. The number of nitrogens with zero attached hydrogens (tertiary/aromatic N) is 2.